The number of aromatic nitrogens is 2. The van der Waals surface area contributed by atoms with Gasteiger partial charge in [0.25, 0.3) is 0 Å². The summed E-state index contributed by atoms with van der Waals surface area (Å²) in [5, 5.41) is 2.09. The van der Waals surface area contributed by atoms with E-state index in [1.54, 1.807) is 12.4 Å². The minimum atomic E-state index is -2.91. The molecule has 74 valence electrons. The molecule has 1 N–H and O–H groups in total. The van der Waals surface area contributed by atoms with Crippen molar-refractivity contribution < 1.29 is 8.76 Å². The average molecular weight is 228 g/mol. The summed E-state index contributed by atoms with van der Waals surface area (Å²) in [5.41, 5.74) is 0.520. The Bertz CT molecular complexity index is 574. The Balaban J connectivity index is 2.75. The summed E-state index contributed by atoms with van der Waals surface area (Å²) < 4.78 is 25.3. The first-order chi connectivity index (χ1) is 6.56. The van der Waals surface area contributed by atoms with Crippen LogP contribution in [0.15, 0.2) is 18.5 Å². The summed E-state index contributed by atoms with van der Waals surface area (Å²) in [6.07, 6.45) is 4.52. The monoisotopic (exact) mass is 228 g/mol. The normalized spacial score (nSPS) is 15.3. The highest BCUT2D eigenvalue weighted by Gasteiger charge is 2.03. The van der Waals surface area contributed by atoms with Crippen LogP contribution in [-0.2, 0) is 9.80 Å². The van der Waals surface area contributed by atoms with Crippen molar-refractivity contribution >= 4 is 36.8 Å². The lowest BCUT2D eigenvalue weighted by atomic mass is 10.3. The molecule has 2 aromatic rings. The quantitative estimate of drug-likeness (QED) is 0.746. The Morgan fingerprint density at radius 1 is 1.64 bits per heavy atom. The fraction of sp³-hybridized carbons (Fsp3) is 0.125. The van der Waals surface area contributed by atoms with E-state index in [0.29, 0.717) is 5.69 Å². The van der Waals surface area contributed by atoms with Gasteiger partial charge in [0, 0.05) is 23.2 Å². The maximum absolute atomic E-state index is 11.2. The van der Waals surface area contributed by atoms with Crippen LogP contribution in [-0.4, -0.2) is 29.7 Å². The maximum Gasteiger partial charge on any atom is 0.0833 e. The third kappa shape index (κ3) is 1.92. The van der Waals surface area contributed by atoms with Gasteiger partial charge >= 0.3 is 0 Å². The molecule has 0 saturated carbocycles. The maximum atomic E-state index is 11.2. The molecule has 6 heteroatoms. The van der Waals surface area contributed by atoms with E-state index in [4.69, 9.17) is 0 Å². The van der Waals surface area contributed by atoms with Gasteiger partial charge < -0.3 is 4.55 Å². The molecule has 0 aliphatic heterocycles. The zero-order chi connectivity index (χ0) is 10.2. The van der Waals surface area contributed by atoms with Crippen molar-refractivity contribution in [3.63, 3.8) is 0 Å². The summed E-state index contributed by atoms with van der Waals surface area (Å²) in [6.45, 7) is 0. The van der Waals surface area contributed by atoms with Crippen molar-refractivity contribution in [2.45, 2.75) is 0 Å². The molecule has 2 rings (SSSR count). The molecule has 0 aliphatic carbocycles. The van der Waals surface area contributed by atoms with Crippen LogP contribution < -0.4 is 0 Å². The van der Waals surface area contributed by atoms with Gasteiger partial charge in [0.1, 0.15) is 0 Å². The number of hydrogen-bond acceptors (Lipinski definition) is 4. The lowest BCUT2D eigenvalue weighted by Crippen LogP contribution is -2.01. The van der Waals surface area contributed by atoms with E-state index >= 15 is 0 Å². The molecule has 0 radical (unpaired) electrons. The van der Waals surface area contributed by atoms with Crippen LogP contribution >= 0.6 is 11.5 Å². The Hall–Kier alpha value is -0.980. The number of rotatable bonds is 1. The van der Waals surface area contributed by atoms with Crippen LogP contribution in [0.4, 0.5) is 0 Å². The second kappa shape index (κ2) is 3.30. The van der Waals surface area contributed by atoms with Crippen molar-refractivity contribution in [1.29, 1.82) is 0 Å². The molecule has 0 aromatic carbocycles. The van der Waals surface area contributed by atoms with Gasteiger partial charge in [-0.15, -0.1) is 0 Å². The van der Waals surface area contributed by atoms with Gasteiger partial charge in [0.15, 0.2) is 0 Å². The van der Waals surface area contributed by atoms with Crippen LogP contribution in [0.3, 0.4) is 0 Å². The molecule has 0 amide bonds. The Labute approximate surface area is 85.6 Å². The smallest absolute Gasteiger partial charge is 0.0833 e. The molecule has 1 atom stereocenters. The minimum Gasteiger partial charge on any atom is -0.313 e. The number of pyridine rings is 1. The van der Waals surface area contributed by atoms with Crippen LogP contribution in [0, 0.1) is 0 Å². The predicted octanol–water partition coefficient (Wildman–Crippen LogP) is 1.23. The van der Waals surface area contributed by atoms with E-state index in [1.807, 2.05) is 6.07 Å². The zero-order valence-electron chi connectivity index (χ0n) is 7.38. The minimum absolute atomic E-state index is 0.520. The van der Waals surface area contributed by atoms with E-state index in [2.05, 4.69) is 9.36 Å². The van der Waals surface area contributed by atoms with Gasteiger partial charge in [-0.2, -0.15) is 4.37 Å². The van der Waals surface area contributed by atoms with Gasteiger partial charge in [-0.1, -0.05) is 0 Å². The number of hydrogen-bond donors (Lipinski definition) is 1. The van der Waals surface area contributed by atoms with Crippen molar-refractivity contribution in [3.8, 4) is 0 Å². The Morgan fingerprint density at radius 2 is 2.43 bits per heavy atom. The average Bonchev–Trinajstić information content (AvgIpc) is 2.49. The summed E-state index contributed by atoms with van der Waals surface area (Å²) in [7, 11) is -2.91. The highest BCUT2D eigenvalue weighted by atomic mass is 32.2. The lowest BCUT2D eigenvalue weighted by molar-refractivity contribution is 0.566. The molecular formula is C8H8N2O2S2. The third-order valence-electron chi connectivity index (χ3n) is 1.64. The van der Waals surface area contributed by atoms with Crippen molar-refractivity contribution in [2.75, 3.05) is 6.26 Å². The van der Waals surface area contributed by atoms with Gasteiger partial charge in [-0.25, -0.2) is 4.21 Å². The fourth-order valence-electron chi connectivity index (χ4n) is 1.12. The van der Waals surface area contributed by atoms with Gasteiger partial charge in [-0.05, 0) is 17.6 Å². The second-order valence-electron chi connectivity index (χ2n) is 2.91. The SMILES string of the molecule is CS(=O)(O)=Cc1nccc2sncc12. The van der Waals surface area contributed by atoms with Crippen molar-refractivity contribution in [1.82, 2.24) is 9.36 Å². The molecule has 0 fully saturated rings. The second-order valence-corrected chi connectivity index (χ2v) is 5.70. The van der Waals surface area contributed by atoms with E-state index in [-0.39, 0.29) is 0 Å². The van der Waals surface area contributed by atoms with Crippen LogP contribution in [0.1, 0.15) is 5.69 Å². The molecule has 4 nitrogen and oxygen atoms in total. The summed E-state index contributed by atoms with van der Waals surface area (Å²) in [5.74, 6) is 0. The number of fused-ring (bicyclic) bond motifs is 1. The predicted molar refractivity (Wildman–Crippen MR) is 59.3 cm³/mol. The summed E-state index contributed by atoms with van der Waals surface area (Å²) >= 11 is 1.34. The standard InChI is InChI=1S/C8H8N2O2S2/c1-14(11,12)5-7-6-4-10-13-8(6)2-3-9-7/h2-5H,1H3,(H,11,12). The van der Waals surface area contributed by atoms with Gasteiger partial charge in [-0.3, -0.25) is 4.98 Å². The Morgan fingerprint density at radius 3 is 3.14 bits per heavy atom. The zero-order valence-corrected chi connectivity index (χ0v) is 9.01. The van der Waals surface area contributed by atoms with Crippen LogP contribution in [0.5, 0.6) is 0 Å². The van der Waals surface area contributed by atoms with Crippen LogP contribution in [0.25, 0.3) is 10.1 Å². The molecule has 2 heterocycles. The fourth-order valence-corrected chi connectivity index (χ4v) is 2.37. The summed E-state index contributed by atoms with van der Waals surface area (Å²) in [4.78, 5) is 4.04. The highest BCUT2D eigenvalue weighted by molar-refractivity contribution is 7.95. The Kier molecular flexibility index (Phi) is 2.26. The molecule has 1 unspecified atom stereocenters. The molecule has 0 aliphatic rings. The highest BCUT2D eigenvalue weighted by Crippen LogP contribution is 2.18. The largest absolute Gasteiger partial charge is 0.313 e. The van der Waals surface area contributed by atoms with E-state index in [0.717, 1.165) is 10.1 Å². The number of nitrogens with zero attached hydrogens (tertiary/aromatic N) is 2. The molecule has 0 bridgehead atoms. The van der Waals surface area contributed by atoms with E-state index in [1.165, 1.54) is 23.2 Å². The molecule has 0 saturated heterocycles. The molecule has 2 aromatic heterocycles. The molecular weight excluding hydrogens is 220 g/mol. The molecule has 14 heavy (non-hydrogen) atoms. The first-order valence-corrected chi connectivity index (χ1v) is 6.58. The molecule has 0 spiro atoms. The van der Waals surface area contributed by atoms with Crippen LogP contribution in [0.2, 0.25) is 0 Å². The van der Waals surface area contributed by atoms with E-state index < -0.39 is 9.80 Å². The van der Waals surface area contributed by atoms with Gasteiger partial charge in [0.2, 0.25) is 0 Å². The third-order valence-corrected chi connectivity index (χ3v) is 3.07. The summed E-state index contributed by atoms with van der Waals surface area (Å²) in [6, 6.07) is 1.83. The van der Waals surface area contributed by atoms with Crippen molar-refractivity contribution in [3.05, 3.63) is 24.2 Å². The first kappa shape index (κ1) is 9.57. The first-order valence-electron chi connectivity index (χ1n) is 3.82. The van der Waals surface area contributed by atoms with E-state index in [9.17, 15) is 8.76 Å². The topological polar surface area (TPSA) is 63.1 Å². The van der Waals surface area contributed by atoms with Gasteiger partial charge in [0.05, 0.1) is 26.4 Å². The lowest BCUT2D eigenvalue weighted by Gasteiger charge is -1.96. The van der Waals surface area contributed by atoms with Crippen molar-refractivity contribution in [2.24, 2.45) is 0 Å².